The highest BCUT2D eigenvalue weighted by atomic mass is 19.4. The number of urea groups is 1. The maximum atomic E-state index is 12.9. The van der Waals surface area contributed by atoms with Gasteiger partial charge in [0.2, 0.25) is 0 Å². The smallest absolute Gasteiger partial charge is 0.416 e. The molecule has 3 atom stereocenters. The van der Waals surface area contributed by atoms with Gasteiger partial charge >= 0.3 is 12.2 Å². The molecule has 2 fully saturated rings. The lowest BCUT2D eigenvalue weighted by Gasteiger charge is -2.17. The number of nitrogens with one attached hydrogen (secondary N) is 2. The maximum absolute atomic E-state index is 12.9. The van der Waals surface area contributed by atoms with E-state index < -0.39 is 23.3 Å². The van der Waals surface area contributed by atoms with Crippen LogP contribution in [0.25, 0.3) is 0 Å². The van der Waals surface area contributed by atoms with Gasteiger partial charge in [0.25, 0.3) is 0 Å². The van der Waals surface area contributed by atoms with E-state index in [1.54, 1.807) is 42.7 Å². The Hall–Kier alpha value is -3.75. The molecule has 5 rings (SSSR count). The van der Waals surface area contributed by atoms with Crippen molar-refractivity contribution in [1.29, 1.82) is 0 Å². The van der Waals surface area contributed by atoms with Crippen LogP contribution in [-0.2, 0) is 6.18 Å². The summed E-state index contributed by atoms with van der Waals surface area (Å²) in [4.78, 5) is 16.4. The molecule has 1 heterocycles. The molecule has 32 heavy (non-hydrogen) atoms. The summed E-state index contributed by atoms with van der Waals surface area (Å²) in [5, 5.41) is 15.7. The normalized spacial score (nSPS) is 23.1. The van der Waals surface area contributed by atoms with Crippen molar-refractivity contribution in [1.82, 2.24) is 10.3 Å². The average molecular weight is 441 g/mol. The number of rotatable bonds is 5. The molecule has 3 N–H and O–H groups in total. The first-order chi connectivity index (χ1) is 15.3. The summed E-state index contributed by atoms with van der Waals surface area (Å²) >= 11 is 0. The van der Waals surface area contributed by atoms with E-state index in [1.807, 2.05) is 0 Å². The zero-order valence-electron chi connectivity index (χ0n) is 16.6. The first kappa shape index (κ1) is 20.2. The van der Waals surface area contributed by atoms with Gasteiger partial charge in [-0.2, -0.15) is 13.2 Å². The predicted octanol–water partition coefficient (Wildman–Crippen LogP) is 5.28. The number of carbonyl (C=O) groups is 1. The fourth-order valence-electron chi connectivity index (χ4n) is 4.16. The van der Waals surface area contributed by atoms with Gasteiger partial charge in [0.1, 0.15) is 17.2 Å². The lowest BCUT2D eigenvalue weighted by atomic mass is 9.99. The lowest BCUT2D eigenvalue weighted by molar-refractivity contribution is -0.137. The van der Waals surface area contributed by atoms with E-state index in [1.165, 1.54) is 12.1 Å². The molecule has 164 valence electrons. The van der Waals surface area contributed by atoms with E-state index in [0.717, 1.165) is 18.6 Å². The summed E-state index contributed by atoms with van der Waals surface area (Å²) < 4.78 is 44.4. The van der Waals surface area contributed by atoms with Gasteiger partial charge in [0, 0.05) is 29.6 Å². The van der Waals surface area contributed by atoms with Crippen LogP contribution in [0, 0.1) is 5.92 Å². The molecule has 9 heteroatoms. The Morgan fingerprint density at radius 2 is 1.88 bits per heavy atom. The van der Waals surface area contributed by atoms with Gasteiger partial charge in [-0.15, -0.1) is 0 Å². The van der Waals surface area contributed by atoms with Gasteiger partial charge in [-0.3, -0.25) is 4.98 Å². The molecule has 1 aromatic heterocycles. The molecule has 2 amide bonds. The van der Waals surface area contributed by atoms with Gasteiger partial charge in [0.05, 0.1) is 11.1 Å². The number of amides is 2. The topological polar surface area (TPSA) is 83.5 Å². The van der Waals surface area contributed by atoms with Crippen LogP contribution in [0.4, 0.5) is 23.7 Å². The van der Waals surface area contributed by atoms with Crippen molar-refractivity contribution in [2.24, 2.45) is 5.92 Å². The first-order valence-corrected chi connectivity index (χ1v) is 9.93. The fraction of sp³-hybridized carbons (Fsp3) is 0.217. The van der Waals surface area contributed by atoms with Crippen LogP contribution in [-0.4, -0.2) is 21.7 Å². The average Bonchev–Trinajstić information content (AvgIpc) is 3.60. The Balaban J connectivity index is 1.26. The number of phenolic OH excluding ortho intramolecular Hbond substituents is 1. The van der Waals surface area contributed by atoms with Crippen LogP contribution in [0.5, 0.6) is 17.2 Å². The van der Waals surface area contributed by atoms with E-state index in [4.69, 9.17) is 4.74 Å². The quantitative estimate of drug-likeness (QED) is 0.503. The van der Waals surface area contributed by atoms with Gasteiger partial charge in [-0.05, 0) is 60.9 Å². The number of nitrogens with zero attached hydrogens (tertiary/aromatic N) is 1. The van der Waals surface area contributed by atoms with Crippen LogP contribution in [0.1, 0.15) is 23.5 Å². The van der Waals surface area contributed by atoms with Crippen molar-refractivity contribution in [3.8, 4) is 17.2 Å². The molecule has 6 nitrogen and oxygen atoms in total. The van der Waals surface area contributed by atoms with E-state index >= 15 is 0 Å². The van der Waals surface area contributed by atoms with Crippen molar-refractivity contribution in [3.05, 3.63) is 78.1 Å². The number of benzene rings is 2. The maximum Gasteiger partial charge on any atom is 0.416 e. The van der Waals surface area contributed by atoms with Crippen molar-refractivity contribution in [3.63, 3.8) is 0 Å². The third kappa shape index (κ3) is 3.70. The Labute approximate surface area is 181 Å². The van der Waals surface area contributed by atoms with Gasteiger partial charge in [0.15, 0.2) is 0 Å². The highest BCUT2D eigenvalue weighted by Gasteiger charge is 2.80. The second-order valence-electron chi connectivity index (χ2n) is 7.99. The zero-order chi connectivity index (χ0) is 22.5. The molecule has 2 aromatic carbocycles. The highest BCUT2D eigenvalue weighted by molar-refractivity contribution is 5.91. The number of anilines is 1. The molecule has 0 saturated heterocycles. The minimum Gasteiger partial charge on any atom is -0.508 e. The highest BCUT2D eigenvalue weighted by Crippen LogP contribution is 2.77. The predicted molar refractivity (Wildman–Crippen MR) is 110 cm³/mol. The summed E-state index contributed by atoms with van der Waals surface area (Å²) in [7, 11) is 0. The molecule has 2 saturated carbocycles. The zero-order valence-corrected chi connectivity index (χ0v) is 16.6. The molecule has 2 aliphatic carbocycles. The molecular weight excluding hydrogens is 423 g/mol. The third-order valence-electron chi connectivity index (χ3n) is 5.92. The van der Waals surface area contributed by atoms with E-state index in [2.05, 4.69) is 15.6 Å². The monoisotopic (exact) mass is 441 g/mol. The Kier molecular flexibility index (Phi) is 4.51. The molecule has 2 aliphatic rings. The second-order valence-corrected chi connectivity index (χ2v) is 7.99. The van der Waals surface area contributed by atoms with E-state index in [-0.39, 0.29) is 23.3 Å². The van der Waals surface area contributed by atoms with Crippen molar-refractivity contribution in [2.75, 3.05) is 5.32 Å². The number of fused-ring (bicyclic) bond motifs is 1. The Morgan fingerprint density at radius 3 is 2.59 bits per heavy atom. The number of alkyl halides is 3. The molecule has 0 spiro atoms. The number of carbonyl (C=O) groups excluding carboxylic acids is 1. The fourth-order valence-corrected chi connectivity index (χ4v) is 4.16. The van der Waals surface area contributed by atoms with Crippen molar-refractivity contribution >= 4 is 11.7 Å². The SMILES string of the molecule is O=C(Nc1cccc(C(F)(F)F)c1)N[C@@]12C[C@H]1[C@H]2c1cc(Oc2ccncc2)ccc1O. The van der Waals surface area contributed by atoms with Crippen LogP contribution in [0.2, 0.25) is 0 Å². The summed E-state index contributed by atoms with van der Waals surface area (Å²) in [5.74, 6) is 1.32. The van der Waals surface area contributed by atoms with Gasteiger partial charge in [-0.1, -0.05) is 6.07 Å². The van der Waals surface area contributed by atoms with Crippen LogP contribution in [0.15, 0.2) is 67.0 Å². The third-order valence-corrected chi connectivity index (χ3v) is 5.92. The molecule has 0 unspecified atom stereocenters. The van der Waals surface area contributed by atoms with Crippen LogP contribution in [0.3, 0.4) is 0 Å². The van der Waals surface area contributed by atoms with Gasteiger partial charge < -0.3 is 20.5 Å². The first-order valence-electron chi connectivity index (χ1n) is 9.93. The molecule has 0 radical (unpaired) electrons. The molecule has 0 aliphatic heterocycles. The van der Waals surface area contributed by atoms with E-state index in [9.17, 15) is 23.1 Å². The summed E-state index contributed by atoms with van der Waals surface area (Å²) in [6.07, 6.45) is -0.539. The van der Waals surface area contributed by atoms with Crippen molar-refractivity contribution in [2.45, 2.75) is 24.1 Å². The number of aromatic nitrogens is 1. The minimum atomic E-state index is -4.49. The standard InChI is InChI=1S/C23H18F3N3O3/c24-23(25,26)13-2-1-3-14(10-13)28-21(31)29-22-12-18(22)20(22)17-11-16(4-5-19(17)30)32-15-6-8-27-9-7-15/h1-11,18,20,30H,12H2,(H2,28,29,31)/t18-,20+,22-/m0/s1. The largest absolute Gasteiger partial charge is 0.508 e. The lowest BCUT2D eigenvalue weighted by Crippen LogP contribution is -2.36. The van der Waals surface area contributed by atoms with Crippen molar-refractivity contribution < 1.29 is 27.8 Å². The number of hydrogen-bond donors (Lipinski definition) is 3. The number of phenols is 1. The minimum absolute atomic E-state index is 0.0544. The second kappa shape index (κ2) is 7.15. The number of halogens is 3. The molecule has 3 aromatic rings. The van der Waals surface area contributed by atoms with Crippen LogP contribution < -0.4 is 15.4 Å². The summed E-state index contributed by atoms with van der Waals surface area (Å²) in [5.41, 5.74) is -0.623. The van der Waals surface area contributed by atoms with E-state index in [0.29, 0.717) is 17.1 Å². The Morgan fingerprint density at radius 1 is 1.09 bits per heavy atom. The number of hydrogen-bond acceptors (Lipinski definition) is 4. The molecular formula is C23H18F3N3O3. The number of aromatic hydroxyl groups is 1. The number of pyridine rings is 1. The van der Waals surface area contributed by atoms with Crippen LogP contribution >= 0.6 is 0 Å². The summed E-state index contributed by atoms with van der Waals surface area (Å²) in [6, 6.07) is 12.2. The summed E-state index contributed by atoms with van der Waals surface area (Å²) in [6.45, 7) is 0. The number of ether oxygens (including phenoxy) is 1. The Bertz CT molecular complexity index is 1190. The molecule has 0 bridgehead atoms. The van der Waals surface area contributed by atoms with Gasteiger partial charge in [-0.25, -0.2) is 4.79 Å².